The van der Waals surface area contributed by atoms with Crippen molar-refractivity contribution in [2.75, 3.05) is 26.2 Å². The predicted octanol–water partition coefficient (Wildman–Crippen LogP) is 2.74. The fraction of sp³-hybridized carbons (Fsp3) is 1.00. The maximum Gasteiger partial charge on any atom is 0.00957 e. The quantitative estimate of drug-likeness (QED) is 0.755. The van der Waals surface area contributed by atoms with Crippen molar-refractivity contribution in [1.29, 1.82) is 0 Å². The molecule has 1 N–H and O–H groups in total. The second-order valence-electron chi connectivity index (χ2n) is 6.74. The molecule has 2 rings (SSSR count). The average molecular weight is 238 g/mol. The number of hydrogen-bond acceptors (Lipinski definition) is 2. The van der Waals surface area contributed by atoms with E-state index in [1.165, 1.54) is 51.9 Å². The van der Waals surface area contributed by atoms with Crippen LogP contribution >= 0.6 is 0 Å². The van der Waals surface area contributed by atoms with E-state index in [0.29, 0.717) is 0 Å². The van der Waals surface area contributed by atoms with Crippen LogP contribution in [0.3, 0.4) is 0 Å². The Bertz CT molecular complexity index is 209. The van der Waals surface area contributed by atoms with Crippen molar-refractivity contribution in [2.24, 2.45) is 17.8 Å². The highest BCUT2D eigenvalue weighted by molar-refractivity contribution is 4.82. The van der Waals surface area contributed by atoms with E-state index in [2.05, 4.69) is 31.0 Å². The molecule has 0 aromatic carbocycles. The molecular formula is C15H30N2. The lowest BCUT2D eigenvalue weighted by molar-refractivity contribution is 0.0972. The standard InChI is InChI=1S/C15H30N2/c1-12-4-6-15(7-5-12)17-10-13(2)8-16-9-14(3)11-17/h12-16H,4-11H2,1-3H3. The Hall–Kier alpha value is -0.0800. The largest absolute Gasteiger partial charge is 0.316 e. The monoisotopic (exact) mass is 238 g/mol. The zero-order chi connectivity index (χ0) is 12.3. The maximum absolute atomic E-state index is 3.59. The Morgan fingerprint density at radius 1 is 0.765 bits per heavy atom. The lowest BCUT2D eigenvalue weighted by Gasteiger charge is -2.40. The van der Waals surface area contributed by atoms with Crippen molar-refractivity contribution in [1.82, 2.24) is 10.2 Å². The molecular weight excluding hydrogens is 208 g/mol. The molecule has 0 amide bonds. The van der Waals surface area contributed by atoms with E-state index in [9.17, 15) is 0 Å². The van der Waals surface area contributed by atoms with E-state index >= 15 is 0 Å². The first-order valence-electron chi connectivity index (χ1n) is 7.60. The van der Waals surface area contributed by atoms with E-state index in [-0.39, 0.29) is 0 Å². The summed E-state index contributed by atoms with van der Waals surface area (Å²) in [5, 5.41) is 3.59. The molecule has 0 bridgehead atoms. The summed E-state index contributed by atoms with van der Waals surface area (Å²) in [5.74, 6) is 2.58. The summed E-state index contributed by atoms with van der Waals surface area (Å²) in [6, 6.07) is 0.884. The Morgan fingerprint density at radius 2 is 1.29 bits per heavy atom. The fourth-order valence-electron chi connectivity index (χ4n) is 3.49. The Labute approximate surface area is 107 Å². The number of rotatable bonds is 1. The molecule has 0 radical (unpaired) electrons. The zero-order valence-corrected chi connectivity index (χ0v) is 11.9. The van der Waals surface area contributed by atoms with Crippen LogP contribution in [0.15, 0.2) is 0 Å². The van der Waals surface area contributed by atoms with Crippen LogP contribution in [0.1, 0.15) is 46.5 Å². The molecule has 2 unspecified atom stereocenters. The van der Waals surface area contributed by atoms with Gasteiger partial charge in [0.15, 0.2) is 0 Å². The van der Waals surface area contributed by atoms with Gasteiger partial charge in [0.05, 0.1) is 0 Å². The van der Waals surface area contributed by atoms with Crippen LogP contribution < -0.4 is 5.32 Å². The van der Waals surface area contributed by atoms with E-state index < -0.39 is 0 Å². The van der Waals surface area contributed by atoms with Gasteiger partial charge < -0.3 is 5.32 Å². The molecule has 1 saturated heterocycles. The smallest absolute Gasteiger partial charge is 0.00957 e. The molecule has 1 saturated carbocycles. The third kappa shape index (κ3) is 3.96. The van der Waals surface area contributed by atoms with Crippen LogP contribution in [0.25, 0.3) is 0 Å². The summed E-state index contributed by atoms with van der Waals surface area (Å²) in [6.07, 6.45) is 5.77. The molecule has 2 fully saturated rings. The molecule has 2 nitrogen and oxygen atoms in total. The second-order valence-corrected chi connectivity index (χ2v) is 6.74. The first-order chi connectivity index (χ1) is 8.15. The molecule has 2 heteroatoms. The van der Waals surface area contributed by atoms with E-state index in [0.717, 1.165) is 23.8 Å². The predicted molar refractivity (Wildman–Crippen MR) is 74.2 cm³/mol. The molecule has 2 aliphatic rings. The van der Waals surface area contributed by atoms with Crippen LogP contribution in [0.5, 0.6) is 0 Å². The minimum Gasteiger partial charge on any atom is -0.316 e. The molecule has 2 atom stereocenters. The number of nitrogens with one attached hydrogen (secondary N) is 1. The highest BCUT2D eigenvalue weighted by atomic mass is 15.2. The van der Waals surface area contributed by atoms with Gasteiger partial charge in [0.2, 0.25) is 0 Å². The van der Waals surface area contributed by atoms with Gasteiger partial charge in [-0.25, -0.2) is 0 Å². The highest BCUT2D eigenvalue weighted by Gasteiger charge is 2.27. The van der Waals surface area contributed by atoms with Crippen LogP contribution in [0, 0.1) is 17.8 Å². The Kier molecular flexibility index (Phi) is 4.87. The fourth-order valence-corrected chi connectivity index (χ4v) is 3.49. The van der Waals surface area contributed by atoms with Gasteiger partial charge in [-0.2, -0.15) is 0 Å². The first kappa shape index (κ1) is 13.4. The summed E-state index contributed by atoms with van der Waals surface area (Å²) in [6.45, 7) is 12.2. The van der Waals surface area contributed by atoms with Gasteiger partial charge in [-0.15, -0.1) is 0 Å². The lowest BCUT2D eigenvalue weighted by Crippen LogP contribution is -2.48. The molecule has 100 valence electrons. The van der Waals surface area contributed by atoms with Crippen LogP contribution in [-0.4, -0.2) is 37.1 Å². The van der Waals surface area contributed by atoms with E-state index in [1.54, 1.807) is 0 Å². The SMILES string of the molecule is CC1CCC(N2CC(C)CNCC(C)C2)CC1. The summed E-state index contributed by atoms with van der Waals surface area (Å²) in [7, 11) is 0. The summed E-state index contributed by atoms with van der Waals surface area (Å²) in [5.41, 5.74) is 0. The van der Waals surface area contributed by atoms with Gasteiger partial charge in [-0.3, -0.25) is 4.90 Å². The third-order valence-electron chi connectivity index (χ3n) is 4.58. The van der Waals surface area contributed by atoms with Gasteiger partial charge in [0.1, 0.15) is 0 Å². The average Bonchev–Trinajstić information content (AvgIpc) is 2.27. The number of nitrogens with zero attached hydrogens (tertiary/aromatic N) is 1. The van der Waals surface area contributed by atoms with Crippen molar-refractivity contribution in [3.8, 4) is 0 Å². The minimum absolute atomic E-state index is 0.807. The Morgan fingerprint density at radius 3 is 1.82 bits per heavy atom. The van der Waals surface area contributed by atoms with Crippen molar-refractivity contribution in [3.63, 3.8) is 0 Å². The molecule has 0 aromatic rings. The van der Waals surface area contributed by atoms with Crippen molar-refractivity contribution in [2.45, 2.75) is 52.5 Å². The molecule has 17 heavy (non-hydrogen) atoms. The molecule has 0 aromatic heterocycles. The first-order valence-corrected chi connectivity index (χ1v) is 7.60. The topological polar surface area (TPSA) is 15.3 Å². The van der Waals surface area contributed by atoms with E-state index in [1.807, 2.05) is 0 Å². The van der Waals surface area contributed by atoms with Crippen LogP contribution in [0.4, 0.5) is 0 Å². The number of hydrogen-bond donors (Lipinski definition) is 1. The molecule has 1 aliphatic carbocycles. The second kappa shape index (κ2) is 6.19. The van der Waals surface area contributed by atoms with Gasteiger partial charge in [-0.1, -0.05) is 20.8 Å². The highest BCUT2D eigenvalue weighted by Crippen LogP contribution is 2.28. The summed E-state index contributed by atoms with van der Waals surface area (Å²) < 4.78 is 0. The third-order valence-corrected chi connectivity index (χ3v) is 4.58. The molecule has 0 spiro atoms. The summed E-state index contributed by atoms with van der Waals surface area (Å²) >= 11 is 0. The lowest BCUT2D eigenvalue weighted by atomic mass is 9.85. The van der Waals surface area contributed by atoms with Crippen molar-refractivity contribution >= 4 is 0 Å². The van der Waals surface area contributed by atoms with Crippen molar-refractivity contribution in [3.05, 3.63) is 0 Å². The van der Waals surface area contributed by atoms with Gasteiger partial charge >= 0.3 is 0 Å². The molecule has 1 heterocycles. The van der Waals surface area contributed by atoms with Crippen LogP contribution in [-0.2, 0) is 0 Å². The van der Waals surface area contributed by atoms with Crippen molar-refractivity contribution < 1.29 is 0 Å². The minimum atomic E-state index is 0.807. The van der Waals surface area contributed by atoms with Gasteiger partial charge in [-0.05, 0) is 56.5 Å². The summed E-state index contributed by atoms with van der Waals surface area (Å²) in [4.78, 5) is 2.81. The Balaban J connectivity index is 1.91. The van der Waals surface area contributed by atoms with E-state index in [4.69, 9.17) is 0 Å². The van der Waals surface area contributed by atoms with Crippen LogP contribution in [0.2, 0.25) is 0 Å². The van der Waals surface area contributed by atoms with Gasteiger partial charge in [0, 0.05) is 19.1 Å². The maximum atomic E-state index is 3.59. The molecule has 1 aliphatic heterocycles. The normalized spacial score (nSPS) is 41.8. The zero-order valence-electron chi connectivity index (χ0n) is 11.9. The van der Waals surface area contributed by atoms with Gasteiger partial charge in [0.25, 0.3) is 0 Å².